The summed E-state index contributed by atoms with van der Waals surface area (Å²) in [5, 5.41) is 7.07. The van der Waals surface area contributed by atoms with Gasteiger partial charge in [-0.3, -0.25) is 15.2 Å². The molecule has 2 atom stereocenters. The van der Waals surface area contributed by atoms with Crippen LogP contribution in [0.4, 0.5) is 10.6 Å². The molecule has 26 heavy (non-hydrogen) atoms. The van der Waals surface area contributed by atoms with Crippen LogP contribution in [-0.2, 0) is 4.79 Å². The summed E-state index contributed by atoms with van der Waals surface area (Å²) in [6.07, 6.45) is 3.45. The average molecular weight is 353 g/mol. The van der Waals surface area contributed by atoms with Crippen molar-refractivity contribution in [2.45, 2.75) is 18.6 Å². The molecule has 2 aliphatic heterocycles. The highest BCUT2D eigenvalue weighted by molar-refractivity contribution is 5.89. The van der Waals surface area contributed by atoms with E-state index in [-0.39, 0.29) is 18.0 Å². The van der Waals surface area contributed by atoms with Crippen LogP contribution in [-0.4, -0.2) is 45.9 Å². The van der Waals surface area contributed by atoms with Crippen molar-refractivity contribution in [3.63, 3.8) is 0 Å². The summed E-state index contributed by atoms with van der Waals surface area (Å²) >= 11 is 0. The summed E-state index contributed by atoms with van der Waals surface area (Å²) in [6, 6.07) is 5.48. The maximum Gasteiger partial charge on any atom is 0.330 e. The lowest BCUT2D eigenvalue weighted by atomic mass is 10.2. The Morgan fingerprint density at radius 3 is 3.12 bits per heavy atom. The van der Waals surface area contributed by atoms with Crippen molar-refractivity contribution in [2.24, 2.45) is 0 Å². The number of hydrogen-bond donors (Lipinski definition) is 4. The van der Waals surface area contributed by atoms with Gasteiger partial charge in [0.05, 0.1) is 5.69 Å². The Kier molecular flexibility index (Phi) is 4.13. The molecule has 1 unspecified atom stereocenters. The lowest BCUT2D eigenvalue weighted by Crippen LogP contribution is -2.31. The highest BCUT2D eigenvalue weighted by Crippen LogP contribution is 2.25. The van der Waals surface area contributed by atoms with Gasteiger partial charge in [0, 0.05) is 30.7 Å². The topological polar surface area (TPSA) is 111 Å². The Morgan fingerprint density at radius 2 is 2.35 bits per heavy atom. The summed E-state index contributed by atoms with van der Waals surface area (Å²) in [6.45, 7) is 4.80. The third-order valence-corrected chi connectivity index (χ3v) is 4.52. The average Bonchev–Trinajstić information content (AvgIpc) is 3.30. The summed E-state index contributed by atoms with van der Waals surface area (Å²) in [5.74, 6) is 0.571. The highest BCUT2D eigenvalue weighted by atomic mass is 16.2. The van der Waals surface area contributed by atoms with Gasteiger partial charge in [0.2, 0.25) is 5.91 Å². The molecule has 3 amide bonds. The molecule has 9 heteroatoms. The van der Waals surface area contributed by atoms with E-state index in [1.165, 1.54) is 6.08 Å². The molecule has 2 aromatic rings. The van der Waals surface area contributed by atoms with E-state index in [0.717, 1.165) is 17.3 Å². The number of hydrazine groups is 1. The molecule has 0 saturated carbocycles. The number of hydrogen-bond acceptors (Lipinski definition) is 6. The van der Waals surface area contributed by atoms with Crippen LogP contribution < -0.4 is 21.5 Å². The second-order valence-corrected chi connectivity index (χ2v) is 6.26. The number of rotatable bonds is 4. The second kappa shape index (κ2) is 6.60. The highest BCUT2D eigenvalue weighted by Gasteiger charge is 2.27. The zero-order valence-corrected chi connectivity index (χ0v) is 14.0. The maximum absolute atomic E-state index is 11.8. The number of amides is 3. The van der Waals surface area contributed by atoms with Crippen LogP contribution in [0.3, 0.4) is 0 Å². The summed E-state index contributed by atoms with van der Waals surface area (Å²) in [5.41, 5.74) is 6.78. The molecule has 4 N–H and O–H groups in total. The third kappa shape index (κ3) is 3.04. The fourth-order valence-corrected chi connectivity index (χ4v) is 3.24. The molecule has 0 bridgehead atoms. The first kappa shape index (κ1) is 16.3. The quantitative estimate of drug-likeness (QED) is 0.601. The Morgan fingerprint density at radius 1 is 1.46 bits per heavy atom. The number of nitrogens with zero attached hydrogens (tertiary/aromatic N) is 3. The van der Waals surface area contributed by atoms with Gasteiger partial charge in [-0.15, -0.1) is 0 Å². The van der Waals surface area contributed by atoms with Crippen molar-refractivity contribution >= 4 is 28.7 Å². The SMILES string of the molecule is C=CC(=O)N1CC[C@H](Nc2nc(C3NNC(=O)N3)cc3cccnc23)C1. The molecule has 2 aliphatic rings. The minimum atomic E-state index is -0.421. The van der Waals surface area contributed by atoms with Crippen molar-refractivity contribution in [1.82, 2.24) is 31.0 Å². The maximum atomic E-state index is 11.8. The van der Waals surface area contributed by atoms with Crippen LogP contribution in [0.25, 0.3) is 10.9 Å². The largest absolute Gasteiger partial charge is 0.364 e. The first-order valence-electron chi connectivity index (χ1n) is 8.39. The van der Waals surface area contributed by atoms with Gasteiger partial charge in [0.1, 0.15) is 11.7 Å². The van der Waals surface area contributed by atoms with Crippen LogP contribution >= 0.6 is 0 Å². The lowest BCUT2D eigenvalue weighted by Gasteiger charge is -2.18. The van der Waals surface area contributed by atoms with Gasteiger partial charge in [-0.2, -0.15) is 0 Å². The van der Waals surface area contributed by atoms with Gasteiger partial charge in [-0.1, -0.05) is 12.6 Å². The van der Waals surface area contributed by atoms with E-state index in [4.69, 9.17) is 0 Å². The lowest BCUT2D eigenvalue weighted by molar-refractivity contribution is -0.125. The van der Waals surface area contributed by atoms with Crippen LogP contribution in [0.2, 0.25) is 0 Å². The first-order valence-corrected chi connectivity index (χ1v) is 8.39. The number of likely N-dealkylation sites (tertiary alicyclic amines) is 1. The van der Waals surface area contributed by atoms with Crippen molar-refractivity contribution in [2.75, 3.05) is 18.4 Å². The van der Waals surface area contributed by atoms with Gasteiger partial charge in [0.25, 0.3) is 0 Å². The third-order valence-electron chi connectivity index (χ3n) is 4.52. The van der Waals surface area contributed by atoms with Gasteiger partial charge in [-0.05, 0) is 24.6 Å². The predicted molar refractivity (Wildman–Crippen MR) is 95.9 cm³/mol. The van der Waals surface area contributed by atoms with E-state index in [9.17, 15) is 9.59 Å². The van der Waals surface area contributed by atoms with E-state index in [1.54, 1.807) is 11.1 Å². The molecule has 4 heterocycles. The molecule has 4 rings (SSSR count). The van der Waals surface area contributed by atoms with Gasteiger partial charge in [-0.25, -0.2) is 15.2 Å². The van der Waals surface area contributed by atoms with Crippen LogP contribution in [0.15, 0.2) is 37.1 Å². The van der Waals surface area contributed by atoms with E-state index in [0.29, 0.717) is 24.6 Å². The predicted octanol–water partition coefficient (Wildman–Crippen LogP) is 0.645. The molecular formula is C17H19N7O2. The van der Waals surface area contributed by atoms with E-state index < -0.39 is 6.17 Å². The molecule has 0 spiro atoms. The molecule has 0 radical (unpaired) electrons. The number of fused-ring (bicyclic) bond motifs is 1. The van der Waals surface area contributed by atoms with Crippen molar-refractivity contribution in [3.8, 4) is 0 Å². The molecule has 2 saturated heterocycles. The Bertz CT molecular complexity index is 885. The monoisotopic (exact) mass is 353 g/mol. The molecule has 0 aliphatic carbocycles. The van der Waals surface area contributed by atoms with Crippen molar-refractivity contribution in [3.05, 3.63) is 42.7 Å². The first-order chi connectivity index (χ1) is 12.6. The Balaban J connectivity index is 1.62. The van der Waals surface area contributed by atoms with E-state index in [2.05, 4.69) is 38.0 Å². The number of nitrogens with one attached hydrogen (secondary N) is 4. The smallest absolute Gasteiger partial charge is 0.330 e. The van der Waals surface area contributed by atoms with E-state index in [1.807, 2.05) is 18.2 Å². The fourth-order valence-electron chi connectivity index (χ4n) is 3.24. The van der Waals surface area contributed by atoms with E-state index >= 15 is 0 Å². The normalized spacial score (nSPS) is 22.2. The van der Waals surface area contributed by atoms with Gasteiger partial charge in [0.15, 0.2) is 5.82 Å². The number of anilines is 1. The standard InChI is InChI=1S/C17H19N7O2/c1-2-13(25)24-7-5-11(9-24)19-16-14-10(4-3-6-18-14)8-12(20-16)15-21-17(26)23-22-15/h2-4,6,8,11,15,22H,1,5,7,9H2,(H,19,20)(H2,21,23,26)/t11-,15?/m0/s1. The molecule has 134 valence electrons. The van der Waals surface area contributed by atoms with Crippen molar-refractivity contribution in [1.29, 1.82) is 0 Å². The summed E-state index contributed by atoms with van der Waals surface area (Å²) in [7, 11) is 0. The number of aromatic nitrogens is 2. The molecule has 9 nitrogen and oxygen atoms in total. The number of pyridine rings is 2. The number of carbonyl (C=O) groups excluding carboxylic acids is 2. The Hall–Kier alpha value is -3.20. The fraction of sp³-hybridized carbons (Fsp3) is 0.294. The summed E-state index contributed by atoms with van der Waals surface area (Å²) < 4.78 is 0. The number of carbonyl (C=O) groups is 2. The van der Waals surface area contributed by atoms with Crippen LogP contribution in [0, 0.1) is 0 Å². The zero-order valence-electron chi connectivity index (χ0n) is 14.0. The van der Waals surface area contributed by atoms with Crippen molar-refractivity contribution < 1.29 is 9.59 Å². The molecule has 2 aromatic heterocycles. The Labute approximate surface area is 149 Å². The zero-order chi connectivity index (χ0) is 18.1. The van der Waals surface area contributed by atoms with Crippen LogP contribution in [0.5, 0.6) is 0 Å². The second-order valence-electron chi connectivity index (χ2n) is 6.26. The van der Waals surface area contributed by atoms with Gasteiger partial charge < -0.3 is 15.5 Å². The molecule has 0 aromatic carbocycles. The number of urea groups is 1. The summed E-state index contributed by atoms with van der Waals surface area (Å²) in [4.78, 5) is 34.0. The van der Waals surface area contributed by atoms with Crippen LogP contribution in [0.1, 0.15) is 18.3 Å². The van der Waals surface area contributed by atoms with Gasteiger partial charge >= 0.3 is 6.03 Å². The minimum absolute atomic E-state index is 0.0667. The molecule has 2 fully saturated rings. The minimum Gasteiger partial charge on any atom is -0.364 e. The molecular weight excluding hydrogens is 334 g/mol.